The lowest BCUT2D eigenvalue weighted by Gasteiger charge is -2.41. The lowest BCUT2D eigenvalue weighted by molar-refractivity contribution is 0.0628. The molecule has 1 atom stereocenters. The minimum atomic E-state index is 0. The first-order valence-electron chi connectivity index (χ1n) is 7.50. The predicted octanol–water partition coefficient (Wildman–Crippen LogP) is 3.42. The zero-order valence-corrected chi connectivity index (χ0v) is 13.6. The van der Waals surface area contributed by atoms with Crippen molar-refractivity contribution in [2.45, 2.75) is 32.7 Å². The third-order valence-corrected chi connectivity index (χ3v) is 4.88. The Hall–Kier alpha value is -1.87. The maximum Gasteiger partial charge on any atom is 0.256 e. The zero-order valence-electron chi connectivity index (χ0n) is 12.8. The lowest BCUT2D eigenvalue weighted by Crippen LogP contribution is -2.44. The summed E-state index contributed by atoms with van der Waals surface area (Å²) in [5.41, 5.74) is 7.06. The molecule has 2 aromatic rings. The van der Waals surface area contributed by atoms with Gasteiger partial charge < -0.3 is 4.90 Å². The first-order valence-corrected chi connectivity index (χ1v) is 7.50. The number of carbonyl (C=O) groups is 1. The highest BCUT2D eigenvalue weighted by atomic mass is 35.5. The Morgan fingerprint density at radius 1 is 1.23 bits per heavy atom. The van der Waals surface area contributed by atoms with E-state index in [9.17, 15) is 4.79 Å². The number of hydrogen-bond donors (Lipinski definition) is 0. The molecule has 0 fully saturated rings. The Kier molecular flexibility index (Phi) is 3.69. The van der Waals surface area contributed by atoms with Crippen LogP contribution in [0.4, 0.5) is 0 Å². The Morgan fingerprint density at radius 2 is 2.00 bits per heavy atom. The maximum absolute atomic E-state index is 12.7. The summed E-state index contributed by atoms with van der Waals surface area (Å²) in [4.78, 5) is 19.2. The van der Waals surface area contributed by atoms with Gasteiger partial charge in [-0.25, -0.2) is 0 Å². The van der Waals surface area contributed by atoms with Gasteiger partial charge in [0.2, 0.25) is 0 Å². The van der Waals surface area contributed by atoms with Crippen molar-refractivity contribution in [3.8, 4) is 0 Å². The van der Waals surface area contributed by atoms with E-state index in [0.29, 0.717) is 0 Å². The molecular weight excluding hydrogens is 296 g/mol. The van der Waals surface area contributed by atoms with Gasteiger partial charge >= 0.3 is 0 Å². The van der Waals surface area contributed by atoms with Crippen LogP contribution in [0.5, 0.6) is 0 Å². The molecule has 3 nitrogen and oxygen atoms in total. The Labute approximate surface area is 136 Å². The van der Waals surface area contributed by atoms with Gasteiger partial charge in [0, 0.05) is 19.2 Å². The van der Waals surface area contributed by atoms with E-state index < -0.39 is 0 Å². The summed E-state index contributed by atoms with van der Waals surface area (Å²) in [6.07, 6.45) is 3.57. The van der Waals surface area contributed by atoms with Crippen molar-refractivity contribution in [1.29, 1.82) is 0 Å². The largest absolute Gasteiger partial charge is 0.331 e. The predicted molar refractivity (Wildman–Crippen MR) is 88.6 cm³/mol. The van der Waals surface area contributed by atoms with E-state index in [2.05, 4.69) is 31.0 Å². The maximum atomic E-state index is 12.7. The third kappa shape index (κ3) is 2.12. The summed E-state index contributed by atoms with van der Waals surface area (Å²) < 4.78 is 0. The number of hydrogen-bond acceptors (Lipinski definition) is 2. The number of fused-ring (bicyclic) bond motifs is 4. The number of carbonyl (C=O) groups excluding carboxylic acids is 1. The molecule has 1 aromatic heterocycles. The van der Waals surface area contributed by atoms with Gasteiger partial charge in [-0.05, 0) is 54.7 Å². The molecular formula is C18H19ClN2O. The summed E-state index contributed by atoms with van der Waals surface area (Å²) in [6, 6.07) is 8.46. The highest BCUT2D eigenvalue weighted by Gasteiger charge is 2.37. The second kappa shape index (κ2) is 5.40. The van der Waals surface area contributed by atoms with Crippen molar-refractivity contribution in [3.05, 3.63) is 64.0 Å². The molecule has 114 valence electrons. The summed E-state index contributed by atoms with van der Waals surface area (Å²) in [5.74, 6) is 0.137. The van der Waals surface area contributed by atoms with Gasteiger partial charge in [-0.1, -0.05) is 12.1 Å². The highest BCUT2D eigenvalue weighted by Crippen LogP contribution is 2.38. The molecule has 0 saturated carbocycles. The van der Waals surface area contributed by atoms with Crippen LogP contribution in [0.25, 0.3) is 0 Å². The molecule has 0 saturated heterocycles. The van der Waals surface area contributed by atoms with Crippen LogP contribution in [0.1, 0.15) is 44.3 Å². The molecule has 1 unspecified atom stereocenters. The van der Waals surface area contributed by atoms with Gasteiger partial charge in [-0.3, -0.25) is 9.78 Å². The monoisotopic (exact) mass is 314 g/mol. The molecule has 0 spiro atoms. The molecule has 0 aliphatic carbocycles. The van der Waals surface area contributed by atoms with Crippen molar-refractivity contribution in [2.24, 2.45) is 0 Å². The van der Waals surface area contributed by atoms with Gasteiger partial charge in [0.25, 0.3) is 5.91 Å². The first kappa shape index (κ1) is 15.0. The van der Waals surface area contributed by atoms with Crippen molar-refractivity contribution >= 4 is 18.3 Å². The first-order chi connectivity index (χ1) is 10.1. The summed E-state index contributed by atoms with van der Waals surface area (Å²) in [7, 11) is 0. The van der Waals surface area contributed by atoms with Gasteiger partial charge in [-0.2, -0.15) is 0 Å². The van der Waals surface area contributed by atoms with E-state index in [4.69, 9.17) is 0 Å². The number of halogens is 1. The molecule has 3 heterocycles. The fraction of sp³-hybridized carbons (Fsp3) is 0.333. The number of aryl methyl sites for hydroxylation is 2. The summed E-state index contributed by atoms with van der Waals surface area (Å²) >= 11 is 0. The normalized spacial score (nSPS) is 18.9. The number of rotatable bonds is 0. The average Bonchev–Trinajstić information content (AvgIpc) is 2.49. The molecule has 4 rings (SSSR count). The van der Waals surface area contributed by atoms with Crippen LogP contribution in [0, 0.1) is 13.8 Å². The van der Waals surface area contributed by atoms with Crippen LogP contribution in [-0.2, 0) is 12.8 Å². The summed E-state index contributed by atoms with van der Waals surface area (Å²) in [5, 5.41) is 0. The number of benzene rings is 1. The SMILES string of the molecule is Cc1cc2c(cc1C)C1Cc3ncccc3C(=O)N1CC2.Cl. The van der Waals surface area contributed by atoms with Crippen molar-refractivity contribution in [2.75, 3.05) is 6.54 Å². The molecule has 2 aliphatic heterocycles. The minimum absolute atomic E-state index is 0. The second-order valence-electron chi connectivity index (χ2n) is 6.10. The van der Waals surface area contributed by atoms with E-state index in [-0.39, 0.29) is 24.4 Å². The zero-order chi connectivity index (χ0) is 14.6. The van der Waals surface area contributed by atoms with Crippen LogP contribution in [0.15, 0.2) is 30.5 Å². The van der Waals surface area contributed by atoms with E-state index >= 15 is 0 Å². The lowest BCUT2D eigenvalue weighted by atomic mass is 9.84. The van der Waals surface area contributed by atoms with Crippen molar-refractivity contribution < 1.29 is 4.79 Å². The van der Waals surface area contributed by atoms with E-state index in [0.717, 1.165) is 30.6 Å². The second-order valence-corrected chi connectivity index (χ2v) is 6.10. The molecule has 0 bridgehead atoms. The Balaban J connectivity index is 0.00000144. The van der Waals surface area contributed by atoms with Gasteiger partial charge in [0.15, 0.2) is 0 Å². The fourth-order valence-corrected chi connectivity index (χ4v) is 3.59. The van der Waals surface area contributed by atoms with E-state index in [1.54, 1.807) is 6.20 Å². The van der Waals surface area contributed by atoms with E-state index in [1.807, 2.05) is 17.0 Å². The average molecular weight is 315 g/mol. The molecule has 0 radical (unpaired) electrons. The van der Waals surface area contributed by atoms with Gasteiger partial charge in [-0.15, -0.1) is 12.4 Å². The quantitative estimate of drug-likeness (QED) is 0.746. The number of amides is 1. The van der Waals surface area contributed by atoms with Crippen molar-refractivity contribution in [3.63, 3.8) is 0 Å². The van der Waals surface area contributed by atoms with Gasteiger partial charge in [0.05, 0.1) is 17.3 Å². The van der Waals surface area contributed by atoms with Crippen LogP contribution < -0.4 is 0 Å². The topological polar surface area (TPSA) is 33.2 Å². The molecule has 2 aliphatic rings. The Morgan fingerprint density at radius 3 is 2.82 bits per heavy atom. The van der Waals surface area contributed by atoms with Crippen molar-refractivity contribution in [1.82, 2.24) is 9.88 Å². The fourth-order valence-electron chi connectivity index (χ4n) is 3.59. The standard InChI is InChI=1S/C18H18N2O.ClH/c1-11-8-13-5-7-20-17(15(13)9-12(11)2)10-16-14(18(20)21)4-3-6-19-16;/h3-4,6,8-9,17H,5,7,10H2,1-2H3;1H. The number of nitrogens with zero attached hydrogens (tertiary/aromatic N) is 2. The molecule has 1 amide bonds. The smallest absolute Gasteiger partial charge is 0.256 e. The molecule has 0 N–H and O–H groups in total. The summed E-state index contributed by atoms with van der Waals surface area (Å²) in [6.45, 7) is 5.11. The molecule has 22 heavy (non-hydrogen) atoms. The Bertz CT molecular complexity index is 757. The van der Waals surface area contributed by atoms with E-state index in [1.165, 1.54) is 22.3 Å². The van der Waals surface area contributed by atoms with Gasteiger partial charge in [0.1, 0.15) is 0 Å². The number of aromatic nitrogens is 1. The van der Waals surface area contributed by atoms with Crippen LogP contribution in [0.3, 0.4) is 0 Å². The molecule has 4 heteroatoms. The van der Waals surface area contributed by atoms with Crippen LogP contribution in [0.2, 0.25) is 0 Å². The number of pyridine rings is 1. The minimum Gasteiger partial charge on any atom is -0.331 e. The molecule has 1 aromatic carbocycles. The van der Waals surface area contributed by atoms with Crippen LogP contribution >= 0.6 is 12.4 Å². The third-order valence-electron chi connectivity index (χ3n) is 4.88. The highest BCUT2D eigenvalue weighted by molar-refractivity contribution is 5.96. The van der Waals surface area contributed by atoms with Crippen LogP contribution in [-0.4, -0.2) is 22.3 Å².